The molecule has 22 heavy (non-hydrogen) atoms. The first kappa shape index (κ1) is 14.9. The summed E-state index contributed by atoms with van der Waals surface area (Å²) in [6, 6.07) is 18.1. The first-order valence-corrected chi connectivity index (χ1v) is 7.81. The van der Waals surface area contributed by atoms with Crippen molar-refractivity contribution in [1.29, 1.82) is 0 Å². The zero-order chi connectivity index (χ0) is 15.4. The smallest absolute Gasteiger partial charge is 0.241 e. The van der Waals surface area contributed by atoms with Crippen molar-refractivity contribution in [2.75, 3.05) is 7.05 Å². The third-order valence-corrected chi connectivity index (χ3v) is 3.80. The normalized spacial score (nSPS) is 11.0. The molecule has 0 aliphatic carbocycles. The van der Waals surface area contributed by atoms with E-state index in [4.69, 9.17) is 4.52 Å². The Labute approximate surface area is 137 Å². The zero-order valence-corrected chi connectivity index (χ0v) is 13.8. The summed E-state index contributed by atoms with van der Waals surface area (Å²) in [4.78, 5) is 6.59. The van der Waals surface area contributed by atoms with Gasteiger partial charge in [0.1, 0.15) is 0 Å². The van der Waals surface area contributed by atoms with E-state index in [1.54, 1.807) is 0 Å². The molecule has 3 rings (SSSR count). The van der Waals surface area contributed by atoms with Crippen LogP contribution < -0.4 is 0 Å². The highest BCUT2D eigenvalue weighted by molar-refractivity contribution is 9.10. The van der Waals surface area contributed by atoms with E-state index < -0.39 is 0 Å². The van der Waals surface area contributed by atoms with E-state index in [1.807, 2.05) is 49.5 Å². The summed E-state index contributed by atoms with van der Waals surface area (Å²) in [5.74, 6) is 1.26. The van der Waals surface area contributed by atoms with E-state index >= 15 is 0 Å². The van der Waals surface area contributed by atoms with E-state index in [1.165, 1.54) is 5.56 Å². The molecule has 1 heterocycles. The average molecular weight is 358 g/mol. The average Bonchev–Trinajstić information content (AvgIpc) is 2.99. The summed E-state index contributed by atoms with van der Waals surface area (Å²) >= 11 is 3.44. The van der Waals surface area contributed by atoms with Crippen LogP contribution in [0.2, 0.25) is 0 Å². The SMILES string of the molecule is CN(Cc1ccc(Br)cc1)Cc1nc(-c2ccccc2)no1. The molecule has 0 amide bonds. The second-order valence-corrected chi connectivity index (χ2v) is 6.09. The molecule has 2 aromatic carbocycles. The third kappa shape index (κ3) is 3.81. The van der Waals surface area contributed by atoms with Crippen LogP contribution in [0.1, 0.15) is 11.5 Å². The largest absolute Gasteiger partial charge is 0.338 e. The fourth-order valence-corrected chi connectivity index (χ4v) is 2.48. The molecule has 0 N–H and O–H groups in total. The Morgan fingerprint density at radius 3 is 2.45 bits per heavy atom. The van der Waals surface area contributed by atoms with Crippen molar-refractivity contribution in [3.05, 3.63) is 70.5 Å². The van der Waals surface area contributed by atoms with Gasteiger partial charge in [0.15, 0.2) is 0 Å². The van der Waals surface area contributed by atoms with E-state index in [0.29, 0.717) is 18.3 Å². The van der Waals surface area contributed by atoms with Crippen LogP contribution in [0.3, 0.4) is 0 Å². The van der Waals surface area contributed by atoms with Gasteiger partial charge in [-0.1, -0.05) is 63.6 Å². The van der Waals surface area contributed by atoms with Crippen LogP contribution in [-0.4, -0.2) is 22.1 Å². The van der Waals surface area contributed by atoms with Gasteiger partial charge in [-0.3, -0.25) is 4.90 Å². The van der Waals surface area contributed by atoms with E-state index in [-0.39, 0.29) is 0 Å². The monoisotopic (exact) mass is 357 g/mol. The minimum absolute atomic E-state index is 0.621. The highest BCUT2D eigenvalue weighted by Crippen LogP contribution is 2.16. The minimum Gasteiger partial charge on any atom is -0.338 e. The lowest BCUT2D eigenvalue weighted by Gasteiger charge is -2.14. The van der Waals surface area contributed by atoms with Crippen LogP contribution in [-0.2, 0) is 13.1 Å². The van der Waals surface area contributed by atoms with E-state index in [2.05, 4.69) is 43.1 Å². The van der Waals surface area contributed by atoms with Crippen LogP contribution in [0.5, 0.6) is 0 Å². The number of hydrogen-bond donors (Lipinski definition) is 0. The van der Waals surface area contributed by atoms with Crippen molar-refractivity contribution in [3.8, 4) is 11.4 Å². The number of nitrogens with zero attached hydrogens (tertiary/aromatic N) is 3. The predicted molar refractivity (Wildman–Crippen MR) is 89.0 cm³/mol. The van der Waals surface area contributed by atoms with Gasteiger partial charge in [0.2, 0.25) is 11.7 Å². The molecule has 1 aromatic heterocycles. The Morgan fingerprint density at radius 1 is 1.00 bits per heavy atom. The third-order valence-electron chi connectivity index (χ3n) is 3.27. The van der Waals surface area contributed by atoms with E-state index in [9.17, 15) is 0 Å². The van der Waals surface area contributed by atoms with Crippen LogP contribution in [0, 0.1) is 0 Å². The lowest BCUT2D eigenvalue weighted by molar-refractivity contribution is 0.261. The van der Waals surface area contributed by atoms with Gasteiger partial charge in [-0.15, -0.1) is 0 Å². The lowest BCUT2D eigenvalue weighted by Crippen LogP contribution is -2.17. The highest BCUT2D eigenvalue weighted by Gasteiger charge is 2.10. The Morgan fingerprint density at radius 2 is 1.73 bits per heavy atom. The second kappa shape index (κ2) is 6.85. The van der Waals surface area contributed by atoms with Crippen molar-refractivity contribution in [1.82, 2.24) is 15.0 Å². The minimum atomic E-state index is 0.621. The number of rotatable bonds is 5. The summed E-state index contributed by atoms with van der Waals surface area (Å²) in [7, 11) is 2.04. The highest BCUT2D eigenvalue weighted by atomic mass is 79.9. The maximum absolute atomic E-state index is 5.34. The van der Waals surface area contributed by atoms with Crippen LogP contribution in [0.15, 0.2) is 63.6 Å². The van der Waals surface area contributed by atoms with Gasteiger partial charge >= 0.3 is 0 Å². The van der Waals surface area contributed by atoms with Gasteiger partial charge in [0, 0.05) is 16.6 Å². The standard InChI is InChI=1S/C17H16BrN3O/c1-21(11-13-7-9-15(18)10-8-13)12-16-19-17(20-22-16)14-5-3-2-4-6-14/h2-10H,11-12H2,1H3. The molecule has 4 nitrogen and oxygen atoms in total. The Hall–Kier alpha value is -1.98. The molecule has 0 radical (unpaired) electrons. The fraction of sp³-hybridized carbons (Fsp3) is 0.176. The van der Waals surface area contributed by atoms with E-state index in [0.717, 1.165) is 16.6 Å². The topological polar surface area (TPSA) is 42.2 Å². The molecular weight excluding hydrogens is 342 g/mol. The van der Waals surface area contributed by atoms with Crippen LogP contribution in [0.4, 0.5) is 0 Å². The molecule has 0 saturated heterocycles. The first-order valence-electron chi connectivity index (χ1n) is 7.02. The zero-order valence-electron chi connectivity index (χ0n) is 12.2. The molecule has 5 heteroatoms. The summed E-state index contributed by atoms with van der Waals surface area (Å²) in [5, 5.41) is 4.04. The predicted octanol–water partition coefficient (Wildman–Crippen LogP) is 4.13. The quantitative estimate of drug-likeness (QED) is 0.688. The number of aromatic nitrogens is 2. The molecule has 112 valence electrons. The molecule has 0 atom stereocenters. The molecule has 0 aliphatic rings. The Balaban J connectivity index is 1.63. The first-order chi connectivity index (χ1) is 10.7. The van der Waals surface area contributed by atoms with Gasteiger partial charge in [-0.05, 0) is 24.7 Å². The maximum Gasteiger partial charge on any atom is 0.241 e. The number of halogens is 1. The molecule has 0 saturated carbocycles. The molecule has 0 bridgehead atoms. The molecular formula is C17H16BrN3O. The maximum atomic E-state index is 5.34. The van der Waals surface area contributed by atoms with Gasteiger partial charge < -0.3 is 4.52 Å². The Kier molecular flexibility index (Phi) is 4.65. The molecule has 0 spiro atoms. The molecule has 0 fully saturated rings. The van der Waals surface area contributed by atoms with Crippen molar-refractivity contribution in [3.63, 3.8) is 0 Å². The number of benzene rings is 2. The van der Waals surface area contributed by atoms with Gasteiger partial charge in [0.25, 0.3) is 0 Å². The lowest BCUT2D eigenvalue weighted by atomic mass is 10.2. The Bertz CT molecular complexity index is 725. The van der Waals surface area contributed by atoms with Crippen molar-refractivity contribution >= 4 is 15.9 Å². The van der Waals surface area contributed by atoms with Crippen LogP contribution in [0.25, 0.3) is 11.4 Å². The van der Waals surface area contributed by atoms with Crippen molar-refractivity contribution < 1.29 is 4.52 Å². The van der Waals surface area contributed by atoms with Crippen molar-refractivity contribution in [2.45, 2.75) is 13.1 Å². The number of hydrogen-bond acceptors (Lipinski definition) is 4. The van der Waals surface area contributed by atoms with Gasteiger partial charge in [-0.2, -0.15) is 4.98 Å². The van der Waals surface area contributed by atoms with Crippen molar-refractivity contribution in [2.24, 2.45) is 0 Å². The van der Waals surface area contributed by atoms with Gasteiger partial charge in [-0.25, -0.2) is 0 Å². The summed E-state index contributed by atoms with van der Waals surface area (Å²) in [6.07, 6.45) is 0. The molecule has 0 aliphatic heterocycles. The summed E-state index contributed by atoms with van der Waals surface area (Å²) in [6.45, 7) is 1.45. The van der Waals surface area contributed by atoms with Gasteiger partial charge in [0.05, 0.1) is 6.54 Å². The molecule has 3 aromatic rings. The van der Waals surface area contributed by atoms with Crippen LogP contribution >= 0.6 is 15.9 Å². The summed E-state index contributed by atoms with van der Waals surface area (Å²) < 4.78 is 6.42. The summed E-state index contributed by atoms with van der Waals surface area (Å²) in [5.41, 5.74) is 2.21. The molecule has 0 unspecified atom stereocenters. The fourth-order valence-electron chi connectivity index (χ4n) is 2.21. The second-order valence-electron chi connectivity index (χ2n) is 5.18.